The van der Waals surface area contributed by atoms with Crippen molar-refractivity contribution >= 4 is 0 Å². The highest BCUT2D eigenvalue weighted by Gasteiger charge is 2.48. The third-order valence-electron chi connectivity index (χ3n) is 5.01. The van der Waals surface area contributed by atoms with E-state index < -0.39 is 0 Å². The van der Waals surface area contributed by atoms with E-state index in [1.54, 1.807) is 0 Å². The van der Waals surface area contributed by atoms with E-state index in [0.29, 0.717) is 12.1 Å². The lowest BCUT2D eigenvalue weighted by molar-refractivity contribution is 0.214. The molecule has 1 aromatic rings. The summed E-state index contributed by atoms with van der Waals surface area (Å²) in [6.45, 7) is 5.46. The van der Waals surface area contributed by atoms with Crippen molar-refractivity contribution in [2.45, 2.75) is 43.8 Å². The van der Waals surface area contributed by atoms with Gasteiger partial charge in [-0.15, -0.1) is 0 Å². The molecule has 2 fully saturated rings. The molecule has 3 unspecified atom stereocenters. The first-order valence-corrected chi connectivity index (χ1v) is 7.52. The van der Waals surface area contributed by atoms with Crippen molar-refractivity contribution in [1.29, 1.82) is 0 Å². The van der Waals surface area contributed by atoms with Crippen LogP contribution < -0.4 is 11.1 Å². The molecule has 0 radical (unpaired) electrons. The van der Waals surface area contributed by atoms with Crippen molar-refractivity contribution in [2.24, 2.45) is 5.73 Å². The average molecular weight is 259 g/mol. The Morgan fingerprint density at radius 3 is 2.89 bits per heavy atom. The average Bonchev–Trinajstić information content (AvgIpc) is 3.04. The van der Waals surface area contributed by atoms with Crippen LogP contribution in [-0.2, 0) is 0 Å². The van der Waals surface area contributed by atoms with Gasteiger partial charge in [0.25, 0.3) is 0 Å². The van der Waals surface area contributed by atoms with E-state index in [9.17, 15) is 0 Å². The van der Waals surface area contributed by atoms with Gasteiger partial charge >= 0.3 is 0 Å². The molecule has 104 valence electrons. The highest BCUT2D eigenvalue weighted by molar-refractivity contribution is 5.20. The molecule has 2 saturated heterocycles. The molecule has 1 aromatic carbocycles. The van der Waals surface area contributed by atoms with Crippen LogP contribution in [0.2, 0.25) is 0 Å². The smallest absolute Gasteiger partial charge is 0.0478 e. The van der Waals surface area contributed by atoms with Crippen LogP contribution in [0.1, 0.15) is 37.8 Å². The Morgan fingerprint density at radius 2 is 2.16 bits per heavy atom. The minimum Gasteiger partial charge on any atom is -0.329 e. The fourth-order valence-corrected chi connectivity index (χ4v) is 3.95. The lowest BCUT2D eigenvalue weighted by atomic mass is 9.87. The SMILES string of the molecule is CC(NC1(CN)CCN2CCCC21)c1ccccc1. The van der Waals surface area contributed by atoms with Gasteiger partial charge in [0, 0.05) is 30.7 Å². The third kappa shape index (κ3) is 2.31. The van der Waals surface area contributed by atoms with Crippen LogP contribution in [0.3, 0.4) is 0 Å². The maximum Gasteiger partial charge on any atom is 0.0478 e. The molecule has 3 rings (SSSR count). The number of benzene rings is 1. The number of fused-ring (bicyclic) bond motifs is 1. The Balaban J connectivity index is 1.76. The van der Waals surface area contributed by atoms with E-state index in [4.69, 9.17) is 5.73 Å². The van der Waals surface area contributed by atoms with Gasteiger partial charge in [0.1, 0.15) is 0 Å². The van der Waals surface area contributed by atoms with Crippen LogP contribution in [0.5, 0.6) is 0 Å². The fourth-order valence-electron chi connectivity index (χ4n) is 3.95. The quantitative estimate of drug-likeness (QED) is 0.868. The molecular weight excluding hydrogens is 234 g/mol. The topological polar surface area (TPSA) is 41.3 Å². The predicted molar refractivity (Wildman–Crippen MR) is 79.0 cm³/mol. The minimum absolute atomic E-state index is 0.117. The van der Waals surface area contributed by atoms with Crippen molar-refractivity contribution < 1.29 is 0 Å². The summed E-state index contributed by atoms with van der Waals surface area (Å²) in [4.78, 5) is 2.62. The minimum atomic E-state index is 0.117. The molecule has 0 aliphatic carbocycles. The first-order valence-electron chi connectivity index (χ1n) is 7.52. The monoisotopic (exact) mass is 259 g/mol. The maximum absolute atomic E-state index is 6.16. The molecule has 2 aliphatic rings. The largest absolute Gasteiger partial charge is 0.329 e. The molecular formula is C16H25N3. The lowest BCUT2D eigenvalue weighted by Crippen LogP contribution is -2.58. The third-order valence-corrected chi connectivity index (χ3v) is 5.01. The van der Waals surface area contributed by atoms with Crippen molar-refractivity contribution in [3.05, 3.63) is 35.9 Å². The summed E-state index contributed by atoms with van der Waals surface area (Å²) in [5.74, 6) is 0. The second-order valence-corrected chi connectivity index (χ2v) is 6.08. The molecule has 0 aromatic heterocycles. The summed E-state index contributed by atoms with van der Waals surface area (Å²) in [6.07, 6.45) is 3.81. The van der Waals surface area contributed by atoms with Crippen LogP contribution in [0.4, 0.5) is 0 Å². The van der Waals surface area contributed by atoms with Crippen LogP contribution >= 0.6 is 0 Å². The van der Waals surface area contributed by atoms with Crippen LogP contribution in [-0.4, -0.2) is 36.1 Å². The molecule has 19 heavy (non-hydrogen) atoms. The number of nitrogens with zero attached hydrogens (tertiary/aromatic N) is 1. The maximum atomic E-state index is 6.16. The zero-order chi connectivity index (χ0) is 13.3. The van der Waals surface area contributed by atoms with Crippen LogP contribution in [0, 0.1) is 0 Å². The van der Waals surface area contributed by atoms with Gasteiger partial charge in [-0.1, -0.05) is 30.3 Å². The molecule has 0 saturated carbocycles. The first-order chi connectivity index (χ1) is 9.25. The normalized spacial score (nSPS) is 32.4. The van der Waals surface area contributed by atoms with Crippen LogP contribution in [0.15, 0.2) is 30.3 Å². The summed E-state index contributed by atoms with van der Waals surface area (Å²) < 4.78 is 0. The van der Waals surface area contributed by atoms with Crippen molar-refractivity contribution in [1.82, 2.24) is 10.2 Å². The highest BCUT2D eigenvalue weighted by atomic mass is 15.3. The lowest BCUT2D eigenvalue weighted by Gasteiger charge is -2.38. The zero-order valence-corrected chi connectivity index (χ0v) is 11.8. The Hall–Kier alpha value is -0.900. The molecule has 0 amide bonds. The van der Waals surface area contributed by atoms with E-state index in [2.05, 4.69) is 47.5 Å². The van der Waals surface area contributed by atoms with Gasteiger partial charge in [-0.25, -0.2) is 0 Å². The highest BCUT2D eigenvalue weighted by Crippen LogP contribution is 2.37. The second kappa shape index (κ2) is 5.23. The second-order valence-electron chi connectivity index (χ2n) is 6.08. The predicted octanol–water partition coefficient (Wildman–Crippen LogP) is 1.90. The standard InChI is InChI=1S/C16H25N3/c1-13(14-6-3-2-4-7-14)18-16(12-17)9-11-19-10-5-8-15(16)19/h2-4,6-7,13,15,18H,5,8-12,17H2,1H3. The van der Waals surface area contributed by atoms with Gasteiger partial charge in [0.15, 0.2) is 0 Å². The summed E-state index contributed by atoms with van der Waals surface area (Å²) in [5.41, 5.74) is 7.63. The van der Waals surface area contributed by atoms with E-state index in [-0.39, 0.29) is 5.54 Å². The van der Waals surface area contributed by atoms with Crippen molar-refractivity contribution in [3.63, 3.8) is 0 Å². The number of nitrogens with two attached hydrogens (primary N) is 1. The number of hydrogen-bond donors (Lipinski definition) is 2. The zero-order valence-electron chi connectivity index (χ0n) is 11.8. The first kappa shape index (κ1) is 13.1. The fraction of sp³-hybridized carbons (Fsp3) is 0.625. The number of nitrogens with one attached hydrogen (secondary N) is 1. The van der Waals surface area contributed by atoms with E-state index in [1.807, 2.05) is 0 Å². The van der Waals surface area contributed by atoms with Crippen molar-refractivity contribution in [2.75, 3.05) is 19.6 Å². The van der Waals surface area contributed by atoms with Crippen molar-refractivity contribution in [3.8, 4) is 0 Å². The number of rotatable bonds is 4. The number of hydrogen-bond acceptors (Lipinski definition) is 3. The van der Waals surface area contributed by atoms with Gasteiger partial charge in [0.2, 0.25) is 0 Å². The summed E-state index contributed by atoms with van der Waals surface area (Å²) in [5, 5.41) is 3.86. The molecule has 2 heterocycles. The van der Waals surface area contributed by atoms with E-state index in [1.165, 1.54) is 37.9 Å². The molecule has 0 bridgehead atoms. The molecule has 0 spiro atoms. The molecule has 2 aliphatic heterocycles. The van der Waals surface area contributed by atoms with Gasteiger partial charge < -0.3 is 11.1 Å². The molecule has 3 N–H and O–H groups in total. The van der Waals surface area contributed by atoms with Crippen LogP contribution in [0.25, 0.3) is 0 Å². The Morgan fingerprint density at radius 1 is 1.37 bits per heavy atom. The summed E-state index contributed by atoms with van der Waals surface area (Å²) >= 11 is 0. The Kier molecular flexibility index (Phi) is 3.61. The van der Waals surface area contributed by atoms with Gasteiger partial charge in [-0.2, -0.15) is 0 Å². The molecule has 3 nitrogen and oxygen atoms in total. The van der Waals surface area contributed by atoms with Gasteiger partial charge in [-0.05, 0) is 38.3 Å². The van der Waals surface area contributed by atoms with E-state index in [0.717, 1.165) is 6.54 Å². The molecule has 3 atom stereocenters. The van der Waals surface area contributed by atoms with Gasteiger partial charge in [-0.3, -0.25) is 4.90 Å². The molecule has 3 heteroatoms. The Bertz CT molecular complexity index is 419. The van der Waals surface area contributed by atoms with E-state index >= 15 is 0 Å². The summed E-state index contributed by atoms with van der Waals surface area (Å²) in [7, 11) is 0. The Labute approximate surface area is 116 Å². The summed E-state index contributed by atoms with van der Waals surface area (Å²) in [6, 6.07) is 11.7. The van der Waals surface area contributed by atoms with Gasteiger partial charge in [0.05, 0.1) is 0 Å².